The second-order valence-electron chi connectivity index (χ2n) is 9.53. The van der Waals surface area contributed by atoms with Gasteiger partial charge in [-0.2, -0.15) is 0 Å². The van der Waals surface area contributed by atoms with Gasteiger partial charge in [0.1, 0.15) is 11.8 Å². The van der Waals surface area contributed by atoms with E-state index < -0.39 is 28.7 Å². The first-order valence-corrected chi connectivity index (χ1v) is 12.9. The van der Waals surface area contributed by atoms with Gasteiger partial charge in [0.05, 0.1) is 36.3 Å². The first-order chi connectivity index (χ1) is 16.9. The molecule has 1 unspecified atom stereocenters. The summed E-state index contributed by atoms with van der Waals surface area (Å²) in [5.74, 6) is -1.02. The van der Waals surface area contributed by atoms with Crippen LogP contribution in [0.5, 0.6) is 5.75 Å². The molecule has 8 nitrogen and oxygen atoms in total. The zero-order valence-corrected chi connectivity index (χ0v) is 21.0. The van der Waals surface area contributed by atoms with Crippen LogP contribution >= 0.6 is 11.8 Å². The number of hydrogen-bond acceptors (Lipinski definition) is 6. The highest BCUT2D eigenvalue weighted by Gasteiger charge is 2.71. The fourth-order valence-electron chi connectivity index (χ4n) is 6.00. The van der Waals surface area contributed by atoms with Crippen LogP contribution in [0.25, 0.3) is 0 Å². The molecule has 2 fully saturated rings. The molecule has 5 rings (SSSR count). The maximum atomic E-state index is 14.3. The Morgan fingerprint density at radius 3 is 2.51 bits per heavy atom. The number of ether oxygens (including phenoxy) is 1. The molecule has 0 saturated carbocycles. The van der Waals surface area contributed by atoms with Crippen LogP contribution in [0.2, 0.25) is 0 Å². The van der Waals surface area contributed by atoms with E-state index in [1.165, 1.54) is 0 Å². The molecule has 4 heterocycles. The molecule has 1 spiro atoms. The highest BCUT2D eigenvalue weighted by atomic mass is 32.2. The lowest BCUT2D eigenvalue weighted by Gasteiger charge is -2.38. The number of carbonyl (C=O) groups excluding carboxylic acids is 3. The molecule has 186 valence electrons. The number of methoxy groups -OCH3 is 1. The molecule has 9 heteroatoms. The first-order valence-electron chi connectivity index (χ1n) is 12.0. The predicted molar refractivity (Wildman–Crippen MR) is 134 cm³/mol. The summed E-state index contributed by atoms with van der Waals surface area (Å²) in [6.07, 6.45) is 8.44. The van der Waals surface area contributed by atoms with Gasteiger partial charge in [0.25, 0.3) is 5.91 Å². The summed E-state index contributed by atoms with van der Waals surface area (Å²) < 4.78 is 4.38. The molecule has 4 aliphatic rings. The van der Waals surface area contributed by atoms with E-state index >= 15 is 0 Å². The molecule has 4 aliphatic heterocycles. The number of fused-ring (bicyclic) bond motifs is 2. The fraction of sp³-hybridized carbons (Fsp3) is 0.500. The monoisotopic (exact) mass is 497 g/mol. The Labute approximate surface area is 209 Å². The summed E-state index contributed by atoms with van der Waals surface area (Å²) in [6.45, 7) is 2.51. The lowest BCUT2D eigenvalue weighted by molar-refractivity contribution is -0.144. The maximum absolute atomic E-state index is 14.3. The normalized spacial score (nSPS) is 32.8. The van der Waals surface area contributed by atoms with Crippen LogP contribution < -0.4 is 9.64 Å². The third-order valence-electron chi connectivity index (χ3n) is 7.76. The van der Waals surface area contributed by atoms with Crippen LogP contribution in [-0.4, -0.2) is 88.6 Å². The number of anilines is 1. The molecule has 0 aromatic heterocycles. The molecule has 0 aliphatic carbocycles. The number of likely N-dealkylation sites (N-methyl/N-ethyl adjacent to an activating group) is 1. The van der Waals surface area contributed by atoms with Crippen molar-refractivity contribution < 1.29 is 24.2 Å². The van der Waals surface area contributed by atoms with Crippen molar-refractivity contribution in [1.29, 1.82) is 0 Å². The van der Waals surface area contributed by atoms with Gasteiger partial charge in [-0.3, -0.25) is 14.4 Å². The lowest BCUT2D eigenvalue weighted by Crippen LogP contribution is -2.56. The number of thioether (sulfide) groups is 1. The molecule has 0 radical (unpaired) electrons. The van der Waals surface area contributed by atoms with E-state index in [9.17, 15) is 19.5 Å². The fourth-order valence-corrected chi connectivity index (χ4v) is 8.00. The van der Waals surface area contributed by atoms with Crippen LogP contribution in [0.3, 0.4) is 0 Å². The number of amides is 3. The molecular formula is C26H31N3O5S. The van der Waals surface area contributed by atoms with Gasteiger partial charge < -0.3 is 24.5 Å². The summed E-state index contributed by atoms with van der Waals surface area (Å²) in [5.41, 5.74) is 0.707. The van der Waals surface area contributed by atoms with Gasteiger partial charge in [-0.25, -0.2) is 0 Å². The largest absolute Gasteiger partial charge is 0.497 e. The standard InChI is InChI=1S/C26H31N3O5S/c1-4-16(15-30)29-22-25(33)28(17-8-10-18(34-3)11-9-17)14-6-12-26(22)21(24(29)32)20-19(35-26)7-5-13-27(2)23(20)31/h5-12,16,19-22,30H,4,13-15H2,1-3H3/t16-,19-,20+,21-,22?,26-/m0/s1. The van der Waals surface area contributed by atoms with Crippen LogP contribution in [0.15, 0.2) is 48.6 Å². The summed E-state index contributed by atoms with van der Waals surface area (Å²) in [6, 6.07) is 5.95. The number of benzene rings is 1. The van der Waals surface area contributed by atoms with Gasteiger partial charge in [0, 0.05) is 31.1 Å². The second kappa shape index (κ2) is 9.02. The number of likely N-dealkylation sites (tertiary alicyclic amines) is 1. The van der Waals surface area contributed by atoms with Crippen LogP contribution in [0, 0.1) is 11.8 Å². The van der Waals surface area contributed by atoms with Crippen LogP contribution in [0.4, 0.5) is 5.69 Å². The van der Waals surface area contributed by atoms with E-state index in [0.29, 0.717) is 30.9 Å². The number of rotatable bonds is 5. The van der Waals surface area contributed by atoms with Crippen molar-refractivity contribution in [3.8, 4) is 5.75 Å². The van der Waals surface area contributed by atoms with E-state index in [1.807, 2.05) is 43.4 Å². The Morgan fingerprint density at radius 1 is 1.11 bits per heavy atom. The van der Waals surface area contributed by atoms with Crippen molar-refractivity contribution >= 4 is 35.2 Å². The topological polar surface area (TPSA) is 90.4 Å². The minimum Gasteiger partial charge on any atom is -0.497 e. The summed E-state index contributed by atoms with van der Waals surface area (Å²) >= 11 is 1.55. The van der Waals surface area contributed by atoms with E-state index in [-0.39, 0.29) is 29.6 Å². The van der Waals surface area contributed by atoms with Crippen molar-refractivity contribution in [2.45, 2.75) is 35.4 Å². The van der Waals surface area contributed by atoms with Crippen molar-refractivity contribution in [1.82, 2.24) is 9.80 Å². The smallest absolute Gasteiger partial charge is 0.251 e. The van der Waals surface area contributed by atoms with Gasteiger partial charge in [0.15, 0.2) is 0 Å². The number of hydrogen-bond donors (Lipinski definition) is 1. The Bertz CT molecular complexity index is 1080. The average molecular weight is 498 g/mol. The van der Waals surface area contributed by atoms with Gasteiger partial charge >= 0.3 is 0 Å². The molecule has 35 heavy (non-hydrogen) atoms. The van der Waals surface area contributed by atoms with Crippen molar-refractivity contribution in [3.05, 3.63) is 48.6 Å². The highest BCUT2D eigenvalue weighted by molar-refractivity contribution is 8.02. The van der Waals surface area contributed by atoms with E-state index in [0.717, 1.165) is 0 Å². The van der Waals surface area contributed by atoms with Gasteiger partial charge in [-0.15, -0.1) is 11.8 Å². The third kappa shape index (κ3) is 3.50. The quantitative estimate of drug-likeness (QED) is 0.623. The minimum absolute atomic E-state index is 0.0718. The van der Waals surface area contributed by atoms with Crippen LogP contribution in [-0.2, 0) is 14.4 Å². The SMILES string of the molecule is CC[C@@H](CO)N1C(=O)[C@@H]2[C@@H]3C(=O)N(C)CC=C[C@@H]3S[C@@]23C=CCN(c2ccc(OC)cc2)C(=O)C13. The van der Waals surface area contributed by atoms with Crippen molar-refractivity contribution in [2.75, 3.05) is 38.8 Å². The molecule has 0 bridgehead atoms. The molecule has 2 saturated heterocycles. The number of nitrogens with zero attached hydrogens (tertiary/aromatic N) is 3. The number of aliphatic hydroxyl groups excluding tert-OH is 1. The molecule has 1 aromatic rings. The second-order valence-corrected chi connectivity index (χ2v) is 11.0. The third-order valence-corrected chi connectivity index (χ3v) is 9.50. The van der Waals surface area contributed by atoms with Crippen molar-refractivity contribution in [2.24, 2.45) is 11.8 Å². The Morgan fingerprint density at radius 2 is 1.86 bits per heavy atom. The van der Waals surface area contributed by atoms with E-state index in [2.05, 4.69) is 0 Å². The van der Waals surface area contributed by atoms with Gasteiger partial charge in [-0.1, -0.05) is 31.2 Å². The summed E-state index contributed by atoms with van der Waals surface area (Å²) in [4.78, 5) is 46.7. The molecule has 1 N–H and O–H groups in total. The molecule has 6 atom stereocenters. The van der Waals surface area contributed by atoms with Crippen LogP contribution in [0.1, 0.15) is 13.3 Å². The molecule has 3 amide bonds. The highest BCUT2D eigenvalue weighted by Crippen LogP contribution is 2.61. The van der Waals surface area contributed by atoms with E-state index in [4.69, 9.17) is 4.74 Å². The number of carbonyl (C=O) groups is 3. The summed E-state index contributed by atoms with van der Waals surface area (Å²) in [5, 5.41) is 9.99. The lowest BCUT2D eigenvalue weighted by atomic mass is 9.78. The molecular weight excluding hydrogens is 466 g/mol. The minimum atomic E-state index is -0.883. The number of aliphatic hydroxyl groups is 1. The zero-order valence-electron chi connectivity index (χ0n) is 20.2. The van der Waals surface area contributed by atoms with Gasteiger partial charge in [0.2, 0.25) is 11.8 Å². The Kier molecular flexibility index (Phi) is 6.17. The maximum Gasteiger partial charge on any atom is 0.251 e. The average Bonchev–Trinajstić information content (AvgIpc) is 3.19. The Balaban J connectivity index is 1.63. The van der Waals surface area contributed by atoms with Crippen molar-refractivity contribution in [3.63, 3.8) is 0 Å². The molecule has 1 aromatic carbocycles. The Hall–Kier alpha value is -2.78. The van der Waals surface area contributed by atoms with E-state index in [1.54, 1.807) is 52.8 Å². The first kappa shape index (κ1) is 23.9. The zero-order chi connectivity index (χ0) is 24.9. The van der Waals surface area contributed by atoms with Gasteiger partial charge in [-0.05, 0) is 30.7 Å². The summed E-state index contributed by atoms with van der Waals surface area (Å²) in [7, 11) is 3.34. The predicted octanol–water partition coefficient (Wildman–Crippen LogP) is 1.69.